The molecule has 0 aromatic heterocycles. The number of piperazine rings is 1. The summed E-state index contributed by atoms with van der Waals surface area (Å²) in [6.07, 6.45) is 3.42. The van der Waals surface area contributed by atoms with Crippen molar-refractivity contribution in [3.05, 3.63) is 93.3 Å². The van der Waals surface area contributed by atoms with Crippen molar-refractivity contribution in [3.63, 3.8) is 0 Å². The Morgan fingerprint density at radius 3 is 2.16 bits per heavy atom. The Balaban J connectivity index is 0.730. The number of anilines is 2. The molecule has 3 aromatic rings. The van der Waals surface area contributed by atoms with Crippen LogP contribution in [0.3, 0.4) is 0 Å². The summed E-state index contributed by atoms with van der Waals surface area (Å²) in [5.74, 6) is -1.25. The van der Waals surface area contributed by atoms with Gasteiger partial charge in [-0.1, -0.05) is 45.4 Å². The van der Waals surface area contributed by atoms with Gasteiger partial charge in [0.1, 0.15) is 17.9 Å². The second kappa shape index (κ2) is 14.0. The first-order valence-electron chi connectivity index (χ1n) is 21.5. The number of benzene rings is 3. The lowest BCUT2D eigenvalue weighted by Gasteiger charge is -2.65. The van der Waals surface area contributed by atoms with Crippen LogP contribution in [0.4, 0.5) is 17.1 Å². The maximum Gasteiger partial charge on any atom is 0.262 e. The van der Waals surface area contributed by atoms with Gasteiger partial charge in [0.2, 0.25) is 17.5 Å². The lowest BCUT2D eigenvalue weighted by atomic mass is 9.49. The molecule has 3 saturated heterocycles. The van der Waals surface area contributed by atoms with E-state index in [0.717, 1.165) is 85.9 Å². The number of fused-ring (bicyclic) bond motifs is 2. The average Bonchev–Trinajstić information content (AvgIpc) is 3.88. The molecule has 3 aromatic carbocycles. The lowest BCUT2D eigenvalue weighted by Crippen LogP contribution is -2.74. The minimum Gasteiger partial charge on any atom is -0.489 e. The molecule has 1 atom stereocenters. The van der Waals surface area contributed by atoms with Gasteiger partial charge in [0.05, 0.1) is 22.7 Å². The number of imide groups is 2. The average molecular weight is 844 g/mol. The first-order chi connectivity index (χ1) is 29.1. The van der Waals surface area contributed by atoms with Crippen molar-refractivity contribution in [2.75, 3.05) is 49.1 Å². The van der Waals surface area contributed by atoms with Crippen LogP contribution in [0.1, 0.15) is 96.4 Å². The molecule has 0 radical (unpaired) electrons. The molecule has 1 unspecified atom stereocenters. The second-order valence-corrected chi connectivity index (χ2v) is 19.9. The molecule has 10 rings (SSSR count). The van der Waals surface area contributed by atoms with E-state index in [4.69, 9.17) is 22.9 Å². The molecule has 0 bridgehead atoms. The minimum absolute atomic E-state index is 0.0336. The molecule has 7 aliphatic rings. The smallest absolute Gasteiger partial charge is 0.262 e. The van der Waals surface area contributed by atoms with Crippen LogP contribution in [-0.2, 0) is 16.1 Å². The number of hydrogen-bond acceptors (Lipinski definition) is 9. The van der Waals surface area contributed by atoms with Gasteiger partial charge in [0.25, 0.3) is 17.7 Å². The summed E-state index contributed by atoms with van der Waals surface area (Å²) < 4.78 is 6.52. The summed E-state index contributed by atoms with van der Waals surface area (Å²) in [6, 6.07) is 16.5. The summed E-state index contributed by atoms with van der Waals surface area (Å²) in [6.45, 7) is 22.1. The normalized spacial score (nSPS) is 26.6. The Morgan fingerprint density at radius 2 is 1.48 bits per heavy atom. The van der Waals surface area contributed by atoms with Gasteiger partial charge in [0.15, 0.2) is 0 Å². The van der Waals surface area contributed by atoms with Crippen LogP contribution in [0.15, 0.2) is 54.6 Å². The van der Waals surface area contributed by atoms with Crippen molar-refractivity contribution in [2.24, 2.45) is 16.2 Å². The van der Waals surface area contributed by atoms with Crippen LogP contribution in [0.5, 0.6) is 5.75 Å². The molecule has 5 fully saturated rings. The Hall–Kier alpha value is -5.45. The quantitative estimate of drug-likeness (QED) is 0.215. The molecule has 5 amide bonds. The number of amides is 5. The Bertz CT molecular complexity index is 2450. The van der Waals surface area contributed by atoms with Crippen LogP contribution in [-0.4, -0.2) is 108 Å². The number of ether oxygens (including phenoxy) is 1. The van der Waals surface area contributed by atoms with Gasteiger partial charge in [-0.15, -0.1) is 0 Å². The molecule has 2 aliphatic carbocycles. The number of piperidine rings is 1. The van der Waals surface area contributed by atoms with Crippen LogP contribution in [0.25, 0.3) is 4.85 Å². The zero-order valence-electron chi connectivity index (χ0n) is 35.0. The molecule has 14 heteroatoms. The second-order valence-electron chi connectivity index (χ2n) is 19.5. The van der Waals surface area contributed by atoms with Gasteiger partial charge in [-0.25, -0.2) is 4.85 Å². The minimum atomic E-state index is -0.971. The molecule has 5 aliphatic heterocycles. The van der Waals surface area contributed by atoms with Crippen molar-refractivity contribution >= 4 is 58.2 Å². The standard InChI is InChI=1S/C47H50ClN7O6/c1-45(2)43(46(3,4)44(45)61-31-8-11-36(49-5)35(48)22-31)54-25-27-20-28(6-9-32(27)40(54)58)51-16-18-52(19-17-51)30-23-47(24-30)14-15-53(26-47)29-7-10-33-34(21-29)42(60)55(41(33)59)37-12-13-38(56)50-39(37)57/h6-11,20-22,30,37,43-44H,12-19,23-26H2,1-4H3,(H,50,56,57). The summed E-state index contributed by atoms with van der Waals surface area (Å²) in [4.78, 5) is 78.7. The predicted molar refractivity (Wildman–Crippen MR) is 229 cm³/mol. The summed E-state index contributed by atoms with van der Waals surface area (Å²) in [5.41, 5.74) is 4.53. The van der Waals surface area contributed by atoms with Gasteiger partial charge in [-0.2, -0.15) is 0 Å². The number of carbonyl (C=O) groups is 5. The molecule has 1 N–H and O–H groups in total. The third-order valence-electron chi connectivity index (χ3n) is 15.0. The van der Waals surface area contributed by atoms with Gasteiger partial charge in [-0.05, 0) is 85.2 Å². The highest BCUT2D eigenvalue weighted by Crippen LogP contribution is 2.59. The van der Waals surface area contributed by atoms with E-state index in [0.29, 0.717) is 40.2 Å². The van der Waals surface area contributed by atoms with Crippen molar-refractivity contribution in [2.45, 2.75) is 90.6 Å². The Morgan fingerprint density at radius 1 is 0.787 bits per heavy atom. The number of nitrogens with one attached hydrogen (secondary N) is 1. The summed E-state index contributed by atoms with van der Waals surface area (Å²) in [7, 11) is 0. The molecule has 1 spiro atoms. The monoisotopic (exact) mass is 843 g/mol. The zero-order valence-corrected chi connectivity index (χ0v) is 35.8. The lowest BCUT2D eigenvalue weighted by molar-refractivity contribution is -0.199. The molecule has 2 saturated carbocycles. The SMILES string of the molecule is [C-]#[N+]c1ccc(OC2C(C)(C)C(N3Cc4cc(N5CCN(C6CC7(CCN(c8ccc9c(c8)C(=O)N(C8CCC(=O)NC8=O)C9=O)C7)C6)CC5)ccc4C3=O)C2(C)C)cc1Cl. The zero-order chi connectivity index (χ0) is 42.7. The van der Waals surface area contributed by atoms with E-state index in [1.165, 1.54) is 0 Å². The van der Waals surface area contributed by atoms with Crippen LogP contribution >= 0.6 is 11.6 Å². The van der Waals surface area contributed by atoms with Crippen LogP contribution < -0.4 is 19.9 Å². The molecular weight excluding hydrogens is 794 g/mol. The van der Waals surface area contributed by atoms with Gasteiger partial charge in [-0.3, -0.25) is 39.1 Å². The fraction of sp³-hybridized carbons (Fsp3) is 0.489. The number of halogens is 1. The largest absolute Gasteiger partial charge is 0.489 e. The van der Waals surface area contributed by atoms with Gasteiger partial charge < -0.3 is 19.4 Å². The van der Waals surface area contributed by atoms with Crippen LogP contribution in [0, 0.1) is 22.8 Å². The van der Waals surface area contributed by atoms with E-state index in [1.54, 1.807) is 30.3 Å². The molecule has 13 nitrogen and oxygen atoms in total. The number of rotatable bonds is 7. The molecule has 5 heterocycles. The van der Waals surface area contributed by atoms with E-state index in [-0.39, 0.29) is 53.0 Å². The first kappa shape index (κ1) is 39.7. The van der Waals surface area contributed by atoms with E-state index in [2.05, 4.69) is 64.7 Å². The van der Waals surface area contributed by atoms with Crippen molar-refractivity contribution in [1.82, 2.24) is 20.0 Å². The molecule has 61 heavy (non-hydrogen) atoms. The van der Waals surface area contributed by atoms with Gasteiger partial charge in [0, 0.05) is 92.1 Å². The number of carbonyl (C=O) groups excluding carboxylic acids is 5. The van der Waals surface area contributed by atoms with Crippen molar-refractivity contribution in [1.29, 1.82) is 0 Å². The number of hydrogen-bond donors (Lipinski definition) is 1. The maximum absolute atomic E-state index is 14.0. The summed E-state index contributed by atoms with van der Waals surface area (Å²) in [5, 5.41) is 2.63. The van der Waals surface area contributed by atoms with E-state index < -0.39 is 23.8 Å². The summed E-state index contributed by atoms with van der Waals surface area (Å²) >= 11 is 6.32. The predicted octanol–water partition coefficient (Wildman–Crippen LogP) is 6.31. The van der Waals surface area contributed by atoms with Crippen molar-refractivity contribution in [3.8, 4) is 5.75 Å². The fourth-order valence-electron chi connectivity index (χ4n) is 12.4. The number of nitrogens with zero attached hydrogens (tertiary/aromatic N) is 6. The topological polar surface area (TPSA) is 127 Å². The Labute approximate surface area is 360 Å². The first-order valence-corrected chi connectivity index (χ1v) is 21.8. The third kappa shape index (κ3) is 6.23. The molecule has 316 valence electrons. The highest BCUT2D eigenvalue weighted by molar-refractivity contribution is 6.33. The van der Waals surface area contributed by atoms with E-state index in [9.17, 15) is 24.0 Å². The highest BCUT2D eigenvalue weighted by Gasteiger charge is 2.67. The van der Waals surface area contributed by atoms with Crippen LogP contribution in [0.2, 0.25) is 5.02 Å². The van der Waals surface area contributed by atoms with Gasteiger partial charge >= 0.3 is 0 Å². The Kier molecular flexibility index (Phi) is 9.13. The molecular formula is C47H50ClN7O6. The fourth-order valence-corrected chi connectivity index (χ4v) is 12.6. The highest BCUT2D eigenvalue weighted by atomic mass is 35.5. The third-order valence-corrected chi connectivity index (χ3v) is 15.3. The van der Waals surface area contributed by atoms with Crippen molar-refractivity contribution < 1.29 is 28.7 Å². The van der Waals surface area contributed by atoms with E-state index in [1.807, 2.05) is 17.0 Å². The van der Waals surface area contributed by atoms with E-state index >= 15 is 0 Å². The maximum atomic E-state index is 14.0.